The van der Waals surface area contributed by atoms with Crippen LogP contribution in [0.3, 0.4) is 0 Å². The van der Waals surface area contributed by atoms with E-state index >= 15 is 0 Å². The van der Waals surface area contributed by atoms with Crippen molar-refractivity contribution in [3.8, 4) is 0 Å². The summed E-state index contributed by atoms with van der Waals surface area (Å²) in [6, 6.07) is 0. The first-order valence-corrected chi connectivity index (χ1v) is 16.2. The number of unbranched alkanes of at least 4 members (excludes halogenated alkanes) is 19. The third kappa shape index (κ3) is 27.7. The summed E-state index contributed by atoms with van der Waals surface area (Å²) in [4.78, 5) is 24.0. The van der Waals surface area contributed by atoms with Gasteiger partial charge in [0, 0.05) is 12.8 Å². The van der Waals surface area contributed by atoms with E-state index in [1.165, 1.54) is 96.3 Å². The fourth-order valence-corrected chi connectivity index (χ4v) is 4.55. The number of aliphatic hydroxyl groups excluding tert-OH is 1. The Morgan fingerprint density at radius 3 is 1.42 bits per heavy atom. The van der Waals surface area contributed by atoms with Crippen molar-refractivity contribution < 1.29 is 24.2 Å². The molecule has 0 heterocycles. The molecular formula is C33H62O5. The summed E-state index contributed by atoms with van der Waals surface area (Å²) in [7, 11) is 0. The van der Waals surface area contributed by atoms with Gasteiger partial charge in [0.1, 0.15) is 6.61 Å². The molecule has 0 aromatic carbocycles. The number of aliphatic hydroxyl groups is 1. The van der Waals surface area contributed by atoms with Gasteiger partial charge in [-0.1, -0.05) is 129 Å². The third-order valence-electron chi connectivity index (χ3n) is 7.06. The Morgan fingerprint density at radius 2 is 0.974 bits per heavy atom. The van der Waals surface area contributed by atoms with Crippen LogP contribution in [-0.2, 0) is 19.1 Å². The van der Waals surface area contributed by atoms with E-state index < -0.39 is 6.10 Å². The van der Waals surface area contributed by atoms with Gasteiger partial charge in [-0.15, -0.1) is 0 Å². The van der Waals surface area contributed by atoms with E-state index in [-0.39, 0.29) is 25.2 Å². The number of allylic oxidation sites excluding steroid dienone is 2. The van der Waals surface area contributed by atoms with Crippen LogP contribution in [0.1, 0.15) is 168 Å². The second-order valence-electron chi connectivity index (χ2n) is 10.9. The Morgan fingerprint density at radius 1 is 0.579 bits per heavy atom. The van der Waals surface area contributed by atoms with Crippen molar-refractivity contribution in [2.45, 2.75) is 174 Å². The molecule has 0 fully saturated rings. The molecule has 0 aromatic rings. The van der Waals surface area contributed by atoms with Crippen LogP contribution in [0.4, 0.5) is 0 Å². The Bertz CT molecular complexity index is 546. The number of ether oxygens (including phenoxy) is 2. The maximum atomic E-state index is 12.1. The van der Waals surface area contributed by atoms with Crippen molar-refractivity contribution in [3.05, 3.63) is 12.2 Å². The zero-order chi connectivity index (χ0) is 27.9. The normalized spacial score (nSPS) is 12.2. The molecule has 0 saturated carbocycles. The molecule has 0 radical (unpaired) electrons. The Kier molecular flexibility index (Phi) is 29.1. The molecule has 5 nitrogen and oxygen atoms in total. The Labute approximate surface area is 235 Å². The Hall–Kier alpha value is -1.36. The monoisotopic (exact) mass is 538 g/mol. The van der Waals surface area contributed by atoms with E-state index in [1.807, 2.05) is 0 Å². The van der Waals surface area contributed by atoms with Crippen molar-refractivity contribution in [2.24, 2.45) is 0 Å². The number of hydrogen-bond acceptors (Lipinski definition) is 5. The molecule has 0 aliphatic rings. The minimum atomic E-state index is -0.766. The molecule has 5 heteroatoms. The van der Waals surface area contributed by atoms with Crippen LogP contribution >= 0.6 is 0 Å². The molecular weight excluding hydrogens is 476 g/mol. The molecule has 0 saturated heterocycles. The summed E-state index contributed by atoms with van der Waals surface area (Å²) in [5, 5.41) is 9.47. The number of rotatable bonds is 29. The minimum Gasteiger partial charge on any atom is -0.462 e. The molecule has 1 unspecified atom stereocenters. The van der Waals surface area contributed by atoms with Gasteiger partial charge in [0.15, 0.2) is 6.10 Å². The van der Waals surface area contributed by atoms with Crippen LogP contribution in [-0.4, -0.2) is 36.4 Å². The molecule has 1 atom stereocenters. The van der Waals surface area contributed by atoms with Crippen LogP contribution in [0.25, 0.3) is 0 Å². The molecule has 0 aromatic heterocycles. The highest BCUT2D eigenvalue weighted by Crippen LogP contribution is 2.13. The van der Waals surface area contributed by atoms with E-state index in [0.29, 0.717) is 12.8 Å². The highest BCUT2D eigenvalue weighted by atomic mass is 16.6. The highest BCUT2D eigenvalue weighted by Gasteiger charge is 2.16. The molecule has 1 N–H and O–H groups in total. The third-order valence-corrected chi connectivity index (χ3v) is 7.06. The van der Waals surface area contributed by atoms with E-state index in [9.17, 15) is 14.7 Å². The maximum absolute atomic E-state index is 12.1. The fourth-order valence-electron chi connectivity index (χ4n) is 4.55. The topological polar surface area (TPSA) is 72.8 Å². The lowest BCUT2D eigenvalue weighted by molar-refractivity contribution is -0.161. The largest absolute Gasteiger partial charge is 0.462 e. The molecule has 0 rings (SSSR count). The van der Waals surface area contributed by atoms with Crippen molar-refractivity contribution in [3.63, 3.8) is 0 Å². The smallest absolute Gasteiger partial charge is 0.306 e. The van der Waals surface area contributed by atoms with E-state index in [1.54, 1.807) is 0 Å². The van der Waals surface area contributed by atoms with Crippen LogP contribution < -0.4 is 0 Å². The van der Waals surface area contributed by atoms with Crippen molar-refractivity contribution in [1.82, 2.24) is 0 Å². The number of hydrogen-bond donors (Lipinski definition) is 1. The van der Waals surface area contributed by atoms with E-state index in [4.69, 9.17) is 9.47 Å². The van der Waals surface area contributed by atoms with Gasteiger partial charge >= 0.3 is 11.9 Å². The van der Waals surface area contributed by atoms with Gasteiger partial charge in [-0.2, -0.15) is 0 Å². The second-order valence-corrected chi connectivity index (χ2v) is 10.9. The molecule has 0 aliphatic heterocycles. The first-order valence-electron chi connectivity index (χ1n) is 16.2. The van der Waals surface area contributed by atoms with Crippen molar-refractivity contribution in [2.75, 3.05) is 13.2 Å². The number of carbonyl (C=O) groups excluding carboxylic acids is 2. The van der Waals surface area contributed by atoms with Crippen molar-refractivity contribution >= 4 is 11.9 Å². The first-order chi connectivity index (χ1) is 18.6. The molecule has 38 heavy (non-hydrogen) atoms. The summed E-state index contributed by atoms with van der Waals surface area (Å²) >= 11 is 0. The van der Waals surface area contributed by atoms with E-state index in [0.717, 1.165) is 44.9 Å². The summed E-state index contributed by atoms with van der Waals surface area (Å²) in [5.74, 6) is -0.599. The second kappa shape index (κ2) is 30.2. The lowest BCUT2D eigenvalue weighted by Crippen LogP contribution is -2.28. The summed E-state index contributed by atoms with van der Waals surface area (Å²) < 4.78 is 10.5. The predicted octanol–water partition coefficient (Wildman–Crippen LogP) is 9.39. The summed E-state index contributed by atoms with van der Waals surface area (Å²) in [6.07, 6.45) is 31.2. The van der Waals surface area contributed by atoms with Gasteiger partial charge in [0.2, 0.25) is 0 Å². The molecule has 224 valence electrons. The Balaban J connectivity index is 3.59. The number of carbonyl (C=O) groups is 2. The lowest BCUT2D eigenvalue weighted by Gasteiger charge is -2.15. The quantitative estimate of drug-likeness (QED) is 0.0583. The zero-order valence-electron chi connectivity index (χ0n) is 25.2. The van der Waals surface area contributed by atoms with Crippen LogP contribution in [0.5, 0.6) is 0 Å². The average molecular weight is 539 g/mol. The van der Waals surface area contributed by atoms with Gasteiger partial charge in [-0.05, 0) is 38.5 Å². The molecule has 0 bridgehead atoms. The minimum absolute atomic E-state index is 0.0644. The van der Waals surface area contributed by atoms with Gasteiger partial charge in [0.25, 0.3) is 0 Å². The highest BCUT2D eigenvalue weighted by molar-refractivity contribution is 5.70. The average Bonchev–Trinajstić information content (AvgIpc) is 2.92. The van der Waals surface area contributed by atoms with Crippen LogP contribution in [0.15, 0.2) is 12.2 Å². The molecule has 0 amide bonds. The zero-order valence-corrected chi connectivity index (χ0v) is 25.2. The molecule has 0 aliphatic carbocycles. The first kappa shape index (κ1) is 36.6. The predicted molar refractivity (Wildman–Crippen MR) is 159 cm³/mol. The van der Waals surface area contributed by atoms with Gasteiger partial charge in [-0.3, -0.25) is 9.59 Å². The van der Waals surface area contributed by atoms with Crippen LogP contribution in [0.2, 0.25) is 0 Å². The van der Waals surface area contributed by atoms with Gasteiger partial charge in [-0.25, -0.2) is 0 Å². The van der Waals surface area contributed by atoms with Gasteiger partial charge < -0.3 is 14.6 Å². The summed E-state index contributed by atoms with van der Waals surface area (Å²) in [5.41, 5.74) is 0. The summed E-state index contributed by atoms with van der Waals surface area (Å²) in [6.45, 7) is 4.09. The maximum Gasteiger partial charge on any atom is 0.306 e. The SMILES string of the molecule is CCCCCCC/C=C\CCCCCCCC(=O)OC(CO)COC(=O)CCCCCCCCCCCC. The van der Waals surface area contributed by atoms with Crippen LogP contribution in [0, 0.1) is 0 Å². The fraction of sp³-hybridized carbons (Fsp3) is 0.879. The lowest BCUT2D eigenvalue weighted by atomic mass is 10.1. The van der Waals surface area contributed by atoms with E-state index in [2.05, 4.69) is 26.0 Å². The molecule has 0 spiro atoms. The standard InChI is InChI=1S/C33H62O5/c1-3-5-7-9-11-13-15-16-17-18-20-22-24-26-28-33(36)38-31(29-34)30-37-32(35)27-25-23-21-19-14-12-10-8-6-4-2/h15-16,31,34H,3-14,17-30H2,1-2H3/b16-15-. The number of esters is 2. The van der Waals surface area contributed by atoms with Gasteiger partial charge in [0.05, 0.1) is 6.61 Å². The van der Waals surface area contributed by atoms with Crippen molar-refractivity contribution in [1.29, 1.82) is 0 Å².